The van der Waals surface area contributed by atoms with Crippen molar-refractivity contribution in [3.8, 4) is 5.75 Å². The summed E-state index contributed by atoms with van der Waals surface area (Å²) in [6.07, 6.45) is 0.325. The van der Waals surface area contributed by atoms with Crippen LogP contribution in [0.5, 0.6) is 5.75 Å². The number of ether oxygens (including phenoxy) is 2. The van der Waals surface area contributed by atoms with Gasteiger partial charge in [-0.05, 0) is 47.9 Å². The molecule has 0 aromatic heterocycles. The Morgan fingerprint density at radius 2 is 1.86 bits per heavy atom. The van der Waals surface area contributed by atoms with Crippen molar-refractivity contribution >= 4 is 22.5 Å². The Bertz CT molecular complexity index is 718. The lowest BCUT2D eigenvalue weighted by Gasteiger charge is -2.14. The molecule has 0 saturated carbocycles. The first-order valence-corrected chi connectivity index (χ1v) is 7.14. The lowest BCUT2D eigenvalue weighted by Crippen LogP contribution is -2.11. The van der Waals surface area contributed by atoms with Crippen LogP contribution in [0, 0.1) is 0 Å². The number of hydrogen-bond donors (Lipinski definition) is 0. The molecular weight excluding hydrogens is 280 g/mol. The summed E-state index contributed by atoms with van der Waals surface area (Å²) in [5.41, 5.74) is 1.75. The van der Waals surface area contributed by atoms with Crippen molar-refractivity contribution in [1.29, 1.82) is 0 Å². The summed E-state index contributed by atoms with van der Waals surface area (Å²) in [6, 6.07) is 9.59. The van der Waals surface area contributed by atoms with Gasteiger partial charge in [-0.1, -0.05) is 18.2 Å². The van der Waals surface area contributed by atoms with Gasteiger partial charge in [0.15, 0.2) is 0 Å². The second kappa shape index (κ2) is 6.60. The Morgan fingerprint density at radius 1 is 1.14 bits per heavy atom. The molecule has 0 aliphatic heterocycles. The first-order chi connectivity index (χ1) is 10.5. The average Bonchev–Trinajstić information content (AvgIpc) is 2.52. The standard InChI is InChI=1S/C18H20O4/c1-11(19)7-15-9-14(12(2)18(20)22-4)8-13-5-6-16(21-3)10-17(13)15/h5-6,8-10,12H,7H2,1-4H3/t12-/m0/s1. The van der Waals surface area contributed by atoms with Crippen LogP contribution >= 0.6 is 0 Å². The largest absolute Gasteiger partial charge is 0.497 e. The van der Waals surface area contributed by atoms with E-state index in [1.807, 2.05) is 30.3 Å². The van der Waals surface area contributed by atoms with Gasteiger partial charge in [-0.25, -0.2) is 0 Å². The molecule has 0 N–H and O–H groups in total. The van der Waals surface area contributed by atoms with Gasteiger partial charge in [0.25, 0.3) is 0 Å². The van der Waals surface area contributed by atoms with E-state index in [9.17, 15) is 9.59 Å². The Labute approximate surface area is 130 Å². The maximum absolute atomic E-state index is 11.8. The number of Topliss-reactive ketones (excluding diaryl/α,β-unsaturated/α-hetero) is 1. The van der Waals surface area contributed by atoms with Gasteiger partial charge in [-0.2, -0.15) is 0 Å². The molecular formula is C18H20O4. The zero-order valence-electron chi connectivity index (χ0n) is 13.3. The highest BCUT2D eigenvalue weighted by Gasteiger charge is 2.18. The summed E-state index contributed by atoms with van der Waals surface area (Å²) in [5, 5.41) is 1.95. The Balaban J connectivity index is 2.62. The van der Waals surface area contributed by atoms with Crippen LogP contribution in [0.4, 0.5) is 0 Å². The molecule has 0 fully saturated rings. The second-order valence-corrected chi connectivity index (χ2v) is 5.39. The minimum Gasteiger partial charge on any atom is -0.497 e. The van der Waals surface area contributed by atoms with Gasteiger partial charge >= 0.3 is 5.97 Å². The zero-order chi connectivity index (χ0) is 16.3. The number of hydrogen-bond acceptors (Lipinski definition) is 4. The summed E-state index contributed by atoms with van der Waals surface area (Å²) in [5.74, 6) is 0.155. The van der Waals surface area contributed by atoms with Crippen molar-refractivity contribution in [3.63, 3.8) is 0 Å². The van der Waals surface area contributed by atoms with Crippen molar-refractivity contribution in [1.82, 2.24) is 0 Å². The lowest BCUT2D eigenvalue weighted by atomic mass is 9.92. The molecule has 116 valence electrons. The Hall–Kier alpha value is -2.36. The maximum atomic E-state index is 11.8. The first-order valence-electron chi connectivity index (χ1n) is 7.14. The van der Waals surface area contributed by atoms with Gasteiger partial charge in [0.2, 0.25) is 0 Å². The normalized spacial score (nSPS) is 12.0. The molecule has 4 heteroatoms. The third-order valence-corrected chi connectivity index (χ3v) is 3.76. The fraction of sp³-hybridized carbons (Fsp3) is 0.333. The third kappa shape index (κ3) is 3.27. The van der Waals surface area contributed by atoms with Gasteiger partial charge in [-0.3, -0.25) is 9.59 Å². The summed E-state index contributed by atoms with van der Waals surface area (Å²) in [4.78, 5) is 23.3. The molecule has 2 rings (SSSR count). The monoisotopic (exact) mass is 300 g/mol. The average molecular weight is 300 g/mol. The van der Waals surface area contributed by atoms with Crippen LogP contribution in [-0.2, 0) is 20.7 Å². The number of carbonyl (C=O) groups is 2. The van der Waals surface area contributed by atoms with Crippen LogP contribution in [0.25, 0.3) is 10.8 Å². The summed E-state index contributed by atoms with van der Waals surface area (Å²) < 4.78 is 10.1. The SMILES string of the molecule is COC(=O)[C@@H](C)c1cc(CC(C)=O)c2cc(OC)ccc2c1. The van der Waals surface area contributed by atoms with Crippen LogP contribution in [0.3, 0.4) is 0 Å². The Morgan fingerprint density at radius 3 is 2.45 bits per heavy atom. The van der Waals surface area contributed by atoms with Gasteiger partial charge < -0.3 is 9.47 Å². The lowest BCUT2D eigenvalue weighted by molar-refractivity contribution is -0.142. The van der Waals surface area contributed by atoms with Crippen LogP contribution < -0.4 is 4.74 Å². The fourth-order valence-corrected chi connectivity index (χ4v) is 2.54. The van der Waals surface area contributed by atoms with E-state index in [0.717, 1.165) is 27.6 Å². The molecule has 0 aliphatic rings. The van der Waals surface area contributed by atoms with E-state index < -0.39 is 0 Å². The van der Waals surface area contributed by atoms with E-state index in [1.165, 1.54) is 7.11 Å². The van der Waals surface area contributed by atoms with E-state index in [4.69, 9.17) is 9.47 Å². The van der Waals surface area contributed by atoms with E-state index in [2.05, 4.69) is 0 Å². The number of carbonyl (C=O) groups excluding carboxylic acids is 2. The number of benzene rings is 2. The van der Waals surface area contributed by atoms with E-state index in [1.54, 1.807) is 21.0 Å². The van der Waals surface area contributed by atoms with Crippen LogP contribution in [0.1, 0.15) is 30.9 Å². The van der Waals surface area contributed by atoms with Gasteiger partial charge in [-0.15, -0.1) is 0 Å². The minimum absolute atomic E-state index is 0.0759. The summed E-state index contributed by atoms with van der Waals surface area (Å²) in [7, 11) is 2.99. The molecule has 2 aromatic carbocycles. The molecule has 0 bridgehead atoms. The van der Waals surface area contributed by atoms with E-state index in [-0.39, 0.29) is 17.7 Å². The number of fused-ring (bicyclic) bond motifs is 1. The minimum atomic E-state index is -0.373. The van der Waals surface area contributed by atoms with Gasteiger partial charge in [0.1, 0.15) is 11.5 Å². The highest BCUT2D eigenvalue weighted by atomic mass is 16.5. The molecule has 0 aliphatic carbocycles. The molecule has 0 spiro atoms. The number of rotatable bonds is 5. The summed E-state index contributed by atoms with van der Waals surface area (Å²) in [6.45, 7) is 3.36. The van der Waals surface area contributed by atoms with Gasteiger partial charge in [0.05, 0.1) is 20.1 Å². The molecule has 4 nitrogen and oxygen atoms in total. The van der Waals surface area contributed by atoms with Gasteiger partial charge in [0, 0.05) is 6.42 Å². The van der Waals surface area contributed by atoms with Crippen LogP contribution in [0.15, 0.2) is 30.3 Å². The van der Waals surface area contributed by atoms with Crippen molar-refractivity contribution in [2.75, 3.05) is 14.2 Å². The maximum Gasteiger partial charge on any atom is 0.312 e. The Kier molecular flexibility index (Phi) is 4.81. The molecule has 2 aromatic rings. The third-order valence-electron chi connectivity index (χ3n) is 3.76. The molecule has 0 radical (unpaired) electrons. The number of esters is 1. The topological polar surface area (TPSA) is 52.6 Å². The molecule has 1 atom stereocenters. The quantitative estimate of drug-likeness (QED) is 0.795. The smallest absolute Gasteiger partial charge is 0.312 e. The molecule has 22 heavy (non-hydrogen) atoms. The highest BCUT2D eigenvalue weighted by molar-refractivity contribution is 5.92. The predicted octanol–water partition coefficient (Wildman–Crippen LogP) is 3.26. The highest BCUT2D eigenvalue weighted by Crippen LogP contribution is 2.29. The zero-order valence-corrected chi connectivity index (χ0v) is 13.3. The van der Waals surface area contributed by atoms with Crippen molar-refractivity contribution in [2.45, 2.75) is 26.2 Å². The fourth-order valence-electron chi connectivity index (χ4n) is 2.54. The molecule has 0 saturated heterocycles. The first kappa shape index (κ1) is 16.0. The summed E-state index contributed by atoms with van der Waals surface area (Å²) >= 11 is 0. The molecule has 0 amide bonds. The van der Waals surface area contributed by atoms with Crippen molar-refractivity contribution in [3.05, 3.63) is 41.5 Å². The second-order valence-electron chi connectivity index (χ2n) is 5.39. The van der Waals surface area contributed by atoms with E-state index in [0.29, 0.717) is 6.42 Å². The van der Waals surface area contributed by atoms with Crippen LogP contribution in [0.2, 0.25) is 0 Å². The molecule has 0 heterocycles. The predicted molar refractivity (Wildman–Crippen MR) is 85.3 cm³/mol. The molecule has 0 unspecified atom stereocenters. The van der Waals surface area contributed by atoms with Crippen molar-refractivity contribution < 1.29 is 19.1 Å². The van der Waals surface area contributed by atoms with E-state index >= 15 is 0 Å². The van der Waals surface area contributed by atoms with Crippen molar-refractivity contribution in [2.24, 2.45) is 0 Å². The number of ketones is 1. The number of methoxy groups -OCH3 is 2. The van der Waals surface area contributed by atoms with Crippen LogP contribution in [-0.4, -0.2) is 26.0 Å².